The van der Waals surface area contributed by atoms with Crippen molar-refractivity contribution < 1.29 is 10.1 Å². The number of fused-ring (bicyclic) bond motifs is 1. The molecular formula is C16H13N7O3. The lowest BCUT2D eigenvalue weighted by atomic mass is 10.2. The minimum absolute atomic E-state index is 0.0395. The number of amidine groups is 1. The molecule has 0 atom stereocenters. The molecule has 26 heavy (non-hydrogen) atoms. The summed E-state index contributed by atoms with van der Waals surface area (Å²) >= 11 is 0. The van der Waals surface area contributed by atoms with Crippen molar-refractivity contribution >= 4 is 28.8 Å². The van der Waals surface area contributed by atoms with Crippen LogP contribution in [0, 0.1) is 15.5 Å². The molecule has 0 radical (unpaired) electrons. The summed E-state index contributed by atoms with van der Waals surface area (Å²) in [4.78, 5) is 14.5. The van der Waals surface area contributed by atoms with E-state index < -0.39 is 4.92 Å². The molecule has 130 valence electrons. The monoisotopic (exact) mass is 351 g/mol. The highest BCUT2D eigenvalue weighted by Crippen LogP contribution is 2.11. The van der Waals surface area contributed by atoms with Crippen LogP contribution in [-0.2, 0) is 0 Å². The van der Waals surface area contributed by atoms with E-state index in [-0.39, 0.29) is 22.7 Å². The van der Waals surface area contributed by atoms with Gasteiger partial charge < -0.3 is 10.9 Å². The largest absolute Gasteiger partial charge is 0.426 e. The van der Waals surface area contributed by atoms with Crippen LogP contribution in [0.4, 0.5) is 5.69 Å². The SMILES string of the molecule is N=c1c(C(N)=NN=Cc2cccc([N+](=O)[O-])c2)nc2ccccc2n1O. The molecule has 3 rings (SSSR count). The molecule has 0 aliphatic rings. The molecule has 10 heteroatoms. The first kappa shape index (κ1) is 16.8. The Hall–Kier alpha value is -4.08. The summed E-state index contributed by atoms with van der Waals surface area (Å²) < 4.78 is 0.657. The lowest BCUT2D eigenvalue weighted by Crippen LogP contribution is -2.31. The van der Waals surface area contributed by atoms with Gasteiger partial charge >= 0.3 is 0 Å². The molecule has 3 aromatic rings. The number of rotatable bonds is 4. The van der Waals surface area contributed by atoms with Gasteiger partial charge in [-0.15, -0.1) is 5.10 Å². The molecule has 0 unspecified atom stereocenters. The van der Waals surface area contributed by atoms with Gasteiger partial charge in [0.1, 0.15) is 5.52 Å². The highest BCUT2D eigenvalue weighted by molar-refractivity contribution is 5.97. The van der Waals surface area contributed by atoms with Crippen molar-refractivity contribution in [3.63, 3.8) is 0 Å². The van der Waals surface area contributed by atoms with Gasteiger partial charge in [0.15, 0.2) is 17.0 Å². The van der Waals surface area contributed by atoms with Crippen LogP contribution in [0.25, 0.3) is 11.0 Å². The second-order valence-electron chi connectivity index (χ2n) is 5.19. The van der Waals surface area contributed by atoms with Crippen molar-refractivity contribution in [3.8, 4) is 0 Å². The first-order chi connectivity index (χ1) is 12.5. The molecule has 0 fully saturated rings. The van der Waals surface area contributed by atoms with E-state index in [4.69, 9.17) is 11.1 Å². The number of para-hydroxylation sites is 2. The molecule has 0 spiro atoms. The Kier molecular flexibility index (Phi) is 4.39. The molecule has 0 aliphatic carbocycles. The van der Waals surface area contributed by atoms with Crippen molar-refractivity contribution in [1.29, 1.82) is 5.41 Å². The first-order valence-corrected chi connectivity index (χ1v) is 7.34. The lowest BCUT2D eigenvalue weighted by molar-refractivity contribution is -0.384. The van der Waals surface area contributed by atoms with E-state index in [0.717, 1.165) is 0 Å². The van der Waals surface area contributed by atoms with Crippen LogP contribution in [0.1, 0.15) is 11.3 Å². The van der Waals surface area contributed by atoms with Crippen LogP contribution in [0.15, 0.2) is 58.7 Å². The average Bonchev–Trinajstić information content (AvgIpc) is 2.64. The van der Waals surface area contributed by atoms with Gasteiger partial charge in [-0.2, -0.15) is 9.83 Å². The van der Waals surface area contributed by atoms with Gasteiger partial charge in [0.2, 0.25) is 0 Å². The Morgan fingerprint density at radius 1 is 1.31 bits per heavy atom. The smallest absolute Gasteiger partial charge is 0.270 e. The summed E-state index contributed by atoms with van der Waals surface area (Å²) in [5.41, 5.74) is 6.62. The second-order valence-corrected chi connectivity index (χ2v) is 5.19. The van der Waals surface area contributed by atoms with Crippen molar-refractivity contribution in [3.05, 3.63) is 75.4 Å². The zero-order valence-electron chi connectivity index (χ0n) is 13.3. The van der Waals surface area contributed by atoms with Gasteiger partial charge in [-0.05, 0) is 12.1 Å². The van der Waals surface area contributed by atoms with Crippen LogP contribution in [0.3, 0.4) is 0 Å². The number of nitro groups is 1. The van der Waals surface area contributed by atoms with Crippen LogP contribution in [0.2, 0.25) is 0 Å². The molecule has 1 heterocycles. The van der Waals surface area contributed by atoms with Gasteiger partial charge in [0.25, 0.3) is 5.69 Å². The maximum absolute atomic E-state index is 10.8. The highest BCUT2D eigenvalue weighted by atomic mass is 16.6. The Morgan fingerprint density at radius 2 is 2.08 bits per heavy atom. The van der Waals surface area contributed by atoms with E-state index in [1.165, 1.54) is 24.4 Å². The fraction of sp³-hybridized carbons (Fsp3) is 0. The topological polar surface area (TPSA) is 156 Å². The minimum atomic E-state index is -0.514. The predicted octanol–water partition coefficient (Wildman–Crippen LogP) is 1.40. The Balaban J connectivity index is 1.94. The third-order valence-electron chi connectivity index (χ3n) is 3.47. The number of nitro benzene ring substituents is 1. The maximum Gasteiger partial charge on any atom is 0.270 e. The number of benzene rings is 2. The summed E-state index contributed by atoms with van der Waals surface area (Å²) in [6.45, 7) is 0. The second kappa shape index (κ2) is 6.81. The maximum atomic E-state index is 10.8. The van der Waals surface area contributed by atoms with Crippen molar-refractivity contribution in [2.45, 2.75) is 0 Å². The molecular weight excluding hydrogens is 338 g/mol. The lowest BCUT2D eigenvalue weighted by Gasteiger charge is -2.06. The van der Waals surface area contributed by atoms with Crippen LogP contribution >= 0.6 is 0 Å². The van der Waals surface area contributed by atoms with Crippen molar-refractivity contribution in [2.24, 2.45) is 15.9 Å². The molecule has 0 amide bonds. The van der Waals surface area contributed by atoms with E-state index in [1.807, 2.05) is 0 Å². The molecule has 4 N–H and O–H groups in total. The fourth-order valence-corrected chi connectivity index (χ4v) is 2.23. The number of non-ortho nitro benzene ring substituents is 1. The fourth-order valence-electron chi connectivity index (χ4n) is 2.23. The summed E-state index contributed by atoms with van der Waals surface area (Å²) in [7, 11) is 0. The van der Waals surface area contributed by atoms with E-state index >= 15 is 0 Å². The van der Waals surface area contributed by atoms with Gasteiger partial charge in [0, 0.05) is 17.7 Å². The van der Waals surface area contributed by atoms with Crippen molar-refractivity contribution in [2.75, 3.05) is 0 Å². The summed E-state index contributed by atoms with van der Waals surface area (Å²) in [6, 6.07) is 12.5. The number of hydrogen-bond acceptors (Lipinski definition) is 7. The van der Waals surface area contributed by atoms with Crippen molar-refractivity contribution in [1.82, 2.24) is 9.71 Å². The third-order valence-corrected chi connectivity index (χ3v) is 3.47. The van der Waals surface area contributed by atoms with E-state index in [9.17, 15) is 15.3 Å². The molecule has 1 aromatic heterocycles. The zero-order chi connectivity index (χ0) is 18.7. The van der Waals surface area contributed by atoms with Crippen LogP contribution in [-0.4, -0.2) is 31.9 Å². The van der Waals surface area contributed by atoms with Gasteiger partial charge in [-0.3, -0.25) is 15.5 Å². The normalized spacial score (nSPS) is 11.9. The number of aromatic nitrogens is 2. The van der Waals surface area contributed by atoms with E-state index in [2.05, 4.69) is 15.2 Å². The molecule has 2 aromatic carbocycles. The Bertz CT molecular complexity index is 1120. The van der Waals surface area contributed by atoms with E-state index in [0.29, 0.717) is 21.3 Å². The highest BCUT2D eigenvalue weighted by Gasteiger charge is 2.10. The van der Waals surface area contributed by atoms with Gasteiger partial charge in [-0.1, -0.05) is 24.3 Å². The number of hydrogen-bond donors (Lipinski definition) is 3. The molecule has 0 bridgehead atoms. The predicted molar refractivity (Wildman–Crippen MR) is 94.2 cm³/mol. The Labute approximate surface area is 146 Å². The summed E-state index contributed by atoms with van der Waals surface area (Å²) in [5, 5.41) is 36.3. The first-order valence-electron chi connectivity index (χ1n) is 7.34. The quantitative estimate of drug-likeness (QED) is 0.213. The average molecular weight is 351 g/mol. The minimum Gasteiger partial charge on any atom is -0.426 e. The van der Waals surface area contributed by atoms with E-state index in [1.54, 1.807) is 30.3 Å². The number of nitrogens with two attached hydrogens (primary N) is 1. The van der Waals surface area contributed by atoms with Gasteiger partial charge in [-0.25, -0.2) is 4.98 Å². The molecule has 10 nitrogen and oxygen atoms in total. The zero-order valence-corrected chi connectivity index (χ0v) is 13.3. The molecule has 0 saturated carbocycles. The van der Waals surface area contributed by atoms with Crippen LogP contribution in [0.5, 0.6) is 0 Å². The van der Waals surface area contributed by atoms with Crippen LogP contribution < -0.4 is 11.2 Å². The molecule has 0 saturated heterocycles. The Morgan fingerprint density at radius 3 is 2.85 bits per heavy atom. The molecule has 0 aliphatic heterocycles. The third kappa shape index (κ3) is 3.24. The standard InChI is InChI=1S/C16H13N7O3/c17-15(21-19-9-10-4-3-5-11(8-10)23(25)26)14-16(18)22(24)13-7-2-1-6-12(13)20-14/h1-9,18,24H,(H2,17,21). The number of nitrogens with zero attached hydrogens (tertiary/aromatic N) is 5. The summed E-state index contributed by atoms with van der Waals surface area (Å²) in [5.74, 6) is -0.176. The van der Waals surface area contributed by atoms with Gasteiger partial charge in [0.05, 0.1) is 16.7 Å². The number of nitrogens with one attached hydrogen (secondary N) is 1. The summed E-state index contributed by atoms with van der Waals surface area (Å²) in [6.07, 6.45) is 1.29.